The highest BCUT2D eigenvalue weighted by Gasteiger charge is 2.29. The maximum Gasteiger partial charge on any atom is 0.154 e. The van der Waals surface area contributed by atoms with Crippen molar-refractivity contribution in [3.8, 4) is 11.5 Å². The summed E-state index contributed by atoms with van der Waals surface area (Å²) in [6.07, 6.45) is 0.174. The van der Waals surface area contributed by atoms with Gasteiger partial charge >= 0.3 is 0 Å². The molecular weight excluding hydrogens is 256 g/mol. The summed E-state index contributed by atoms with van der Waals surface area (Å²) in [6, 6.07) is 5.09. The van der Waals surface area contributed by atoms with Gasteiger partial charge in [0.15, 0.2) is 9.84 Å². The zero-order valence-electron chi connectivity index (χ0n) is 10.1. The van der Waals surface area contributed by atoms with Crippen LogP contribution in [0, 0.1) is 0 Å². The van der Waals surface area contributed by atoms with Gasteiger partial charge in [0.05, 0.1) is 25.2 Å². The summed E-state index contributed by atoms with van der Waals surface area (Å²) < 4.78 is 33.4. The summed E-state index contributed by atoms with van der Waals surface area (Å²) in [6.45, 7) is -0.175. The number of sulfone groups is 1. The summed E-state index contributed by atoms with van der Waals surface area (Å²) in [5.74, 6) is 1.36. The summed E-state index contributed by atoms with van der Waals surface area (Å²) in [5.41, 5.74) is 0.596. The third-order valence-corrected chi connectivity index (χ3v) is 4.66. The molecule has 0 saturated carbocycles. The monoisotopic (exact) mass is 272 g/mol. The number of hydrogen-bond donors (Lipinski definition) is 1. The van der Waals surface area contributed by atoms with Crippen LogP contribution in [0.3, 0.4) is 0 Å². The molecule has 100 valence electrons. The molecule has 1 aromatic rings. The van der Waals surface area contributed by atoms with Crippen molar-refractivity contribution in [2.45, 2.75) is 19.1 Å². The molecule has 1 unspecified atom stereocenters. The smallest absolute Gasteiger partial charge is 0.154 e. The van der Waals surface area contributed by atoms with E-state index in [1.807, 2.05) is 0 Å². The fraction of sp³-hybridized carbons (Fsp3) is 0.500. The van der Waals surface area contributed by atoms with Crippen molar-refractivity contribution in [3.05, 3.63) is 23.8 Å². The zero-order chi connectivity index (χ0) is 13.2. The first-order valence-corrected chi connectivity index (χ1v) is 7.51. The topological polar surface area (TPSA) is 72.8 Å². The second-order valence-corrected chi connectivity index (χ2v) is 6.50. The first-order chi connectivity index (χ1) is 8.54. The van der Waals surface area contributed by atoms with E-state index in [1.54, 1.807) is 25.3 Å². The molecule has 5 nitrogen and oxygen atoms in total. The lowest BCUT2D eigenvalue weighted by atomic mass is 10.2. The molecular formula is C12H16O5S. The van der Waals surface area contributed by atoms with E-state index in [-0.39, 0.29) is 24.2 Å². The van der Waals surface area contributed by atoms with E-state index < -0.39 is 9.84 Å². The molecule has 0 aromatic heterocycles. The number of methoxy groups -OCH3 is 1. The Morgan fingerprint density at radius 3 is 2.78 bits per heavy atom. The van der Waals surface area contributed by atoms with Crippen LogP contribution >= 0.6 is 0 Å². The van der Waals surface area contributed by atoms with Crippen molar-refractivity contribution in [2.24, 2.45) is 0 Å². The number of benzene rings is 1. The van der Waals surface area contributed by atoms with Crippen molar-refractivity contribution in [2.75, 3.05) is 18.6 Å². The SMILES string of the molecule is COc1ccc(OC2CCS(=O)(=O)C2)c(CO)c1. The van der Waals surface area contributed by atoms with Crippen molar-refractivity contribution in [1.82, 2.24) is 0 Å². The lowest BCUT2D eigenvalue weighted by Gasteiger charge is -2.15. The van der Waals surface area contributed by atoms with Crippen LogP contribution in [0.1, 0.15) is 12.0 Å². The highest BCUT2D eigenvalue weighted by molar-refractivity contribution is 7.91. The van der Waals surface area contributed by atoms with E-state index in [0.717, 1.165) is 0 Å². The van der Waals surface area contributed by atoms with Crippen molar-refractivity contribution in [3.63, 3.8) is 0 Å². The Bertz CT molecular complexity index is 523. The first-order valence-electron chi connectivity index (χ1n) is 5.69. The van der Waals surface area contributed by atoms with Crippen molar-refractivity contribution >= 4 is 9.84 Å². The van der Waals surface area contributed by atoms with Gasteiger partial charge in [0.2, 0.25) is 0 Å². The molecule has 1 N–H and O–H groups in total. The van der Waals surface area contributed by atoms with Crippen LogP contribution in [0.25, 0.3) is 0 Å². The van der Waals surface area contributed by atoms with Gasteiger partial charge in [0.1, 0.15) is 17.6 Å². The van der Waals surface area contributed by atoms with Gasteiger partial charge in [-0.25, -0.2) is 8.42 Å². The van der Waals surface area contributed by atoms with Crippen LogP contribution in [0.15, 0.2) is 18.2 Å². The first kappa shape index (κ1) is 13.2. The molecule has 1 aliphatic rings. The zero-order valence-corrected chi connectivity index (χ0v) is 10.9. The Labute approximate surface area is 106 Å². The van der Waals surface area contributed by atoms with Gasteiger partial charge in [0.25, 0.3) is 0 Å². The van der Waals surface area contributed by atoms with Crippen molar-refractivity contribution < 1.29 is 23.0 Å². The second kappa shape index (κ2) is 5.16. The molecule has 1 aliphatic heterocycles. The number of hydrogen-bond acceptors (Lipinski definition) is 5. The fourth-order valence-electron chi connectivity index (χ4n) is 1.95. The number of aliphatic hydroxyl groups is 1. The van der Waals surface area contributed by atoms with Gasteiger partial charge in [-0.2, -0.15) is 0 Å². The molecule has 6 heteroatoms. The van der Waals surface area contributed by atoms with E-state index in [4.69, 9.17) is 9.47 Å². The van der Waals surface area contributed by atoms with Gasteiger partial charge < -0.3 is 14.6 Å². The third kappa shape index (κ3) is 2.94. The Hall–Kier alpha value is -1.27. The number of rotatable bonds is 4. The molecule has 1 aromatic carbocycles. The predicted molar refractivity (Wildman–Crippen MR) is 66.6 cm³/mol. The molecule has 0 bridgehead atoms. The summed E-state index contributed by atoms with van der Waals surface area (Å²) in [5, 5.41) is 9.26. The van der Waals surface area contributed by atoms with Gasteiger partial charge in [-0.05, 0) is 24.6 Å². The molecule has 18 heavy (non-hydrogen) atoms. The van der Waals surface area contributed by atoms with Crippen LogP contribution < -0.4 is 9.47 Å². The van der Waals surface area contributed by atoms with Gasteiger partial charge in [0, 0.05) is 5.56 Å². The van der Waals surface area contributed by atoms with Gasteiger partial charge in [-0.15, -0.1) is 0 Å². The van der Waals surface area contributed by atoms with E-state index >= 15 is 0 Å². The summed E-state index contributed by atoms with van der Waals surface area (Å²) in [4.78, 5) is 0. The average Bonchev–Trinajstić information content (AvgIpc) is 2.69. The van der Waals surface area contributed by atoms with Crippen LogP contribution in [0.2, 0.25) is 0 Å². The van der Waals surface area contributed by atoms with Crippen molar-refractivity contribution in [1.29, 1.82) is 0 Å². The Balaban J connectivity index is 2.14. The average molecular weight is 272 g/mol. The van der Waals surface area contributed by atoms with E-state index in [0.29, 0.717) is 23.5 Å². The predicted octanol–water partition coefficient (Wildman–Crippen LogP) is 0.753. The van der Waals surface area contributed by atoms with Crippen LogP contribution in [0.5, 0.6) is 11.5 Å². The molecule has 1 fully saturated rings. The van der Waals surface area contributed by atoms with Crippen LogP contribution in [0.4, 0.5) is 0 Å². The fourth-order valence-corrected chi connectivity index (χ4v) is 3.54. The van der Waals surface area contributed by atoms with E-state index in [1.165, 1.54) is 0 Å². The third-order valence-electron chi connectivity index (χ3n) is 2.92. The standard InChI is InChI=1S/C12H16O5S/c1-16-10-2-3-12(9(6-10)7-13)17-11-4-5-18(14,15)8-11/h2-3,6,11,13H,4-5,7-8H2,1H3. The molecule has 1 saturated heterocycles. The second-order valence-electron chi connectivity index (χ2n) is 4.27. The highest BCUT2D eigenvalue weighted by Crippen LogP contribution is 2.27. The maximum atomic E-state index is 11.3. The quantitative estimate of drug-likeness (QED) is 0.875. The van der Waals surface area contributed by atoms with E-state index in [2.05, 4.69) is 0 Å². The van der Waals surface area contributed by atoms with E-state index in [9.17, 15) is 13.5 Å². The van der Waals surface area contributed by atoms with Crippen LogP contribution in [-0.4, -0.2) is 38.2 Å². The lowest BCUT2D eigenvalue weighted by molar-refractivity contribution is 0.214. The molecule has 0 spiro atoms. The lowest BCUT2D eigenvalue weighted by Crippen LogP contribution is -2.18. The molecule has 0 amide bonds. The molecule has 0 aliphatic carbocycles. The highest BCUT2D eigenvalue weighted by atomic mass is 32.2. The normalized spacial score (nSPS) is 21.8. The minimum Gasteiger partial charge on any atom is -0.497 e. The Morgan fingerprint density at radius 1 is 1.44 bits per heavy atom. The Kier molecular flexibility index (Phi) is 3.77. The Morgan fingerprint density at radius 2 is 2.22 bits per heavy atom. The summed E-state index contributed by atoms with van der Waals surface area (Å²) >= 11 is 0. The number of aliphatic hydroxyl groups excluding tert-OH is 1. The molecule has 1 atom stereocenters. The largest absolute Gasteiger partial charge is 0.497 e. The summed E-state index contributed by atoms with van der Waals surface area (Å²) in [7, 11) is -1.42. The minimum absolute atomic E-state index is 0.0455. The van der Waals surface area contributed by atoms with Crippen LogP contribution in [-0.2, 0) is 16.4 Å². The molecule has 1 heterocycles. The van der Waals surface area contributed by atoms with Gasteiger partial charge in [-0.1, -0.05) is 0 Å². The minimum atomic E-state index is -2.96. The molecule has 0 radical (unpaired) electrons. The molecule has 2 rings (SSSR count). The van der Waals surface area contributed by atoms with Gasteiger partial charge in [-0.3, -0.25) is 0 Å². The number of ether oxygens (including phenoxy) is 2. The maximum absolute atomic E-state index is 11.3.